The molecule has 0 amide bonds. The first-order valence-electron chi connectivity index (χ1n) is 11.0. The second-order valence-electron chi connectivity index (χ2n) is 8.41. The number of piperazine rings is 1. The zero-order chi connectivity index (χ0) is 23.6. The van der Waals surface area contributed by atoms with Crippen molar-refractivity contribution in [1.82, 2.24) is 19.3 Å². The number of hydrogen-bond acceptors (Lipinski definition) is 6. The van der Waals surface area contributed by atoms with Crippen LogP contribution in [0.2, 0.25) is 0 Å². The Hall–Kier alpha value is -2.55. The van der Waals surface area contributed by atoms with Crippen molar-refractivity contribution in [3.8, 4) is 11.3 Å². The van der Waals surface area contributed by atoms with Gasteiger partial charge in [0.05, 0.1) is 22.8 Å². The van der Waals surface area contributed by atoms with E-state index in [0.717, 1.165) is 33.9 Å². The van der Waals surface area contributed by atoms with Crippen LogP contribution in [0.15, 0.2) is 54.0 Å². The van der Waals surface area contributed by atoms with E-state index in [-0.39, 0.29) is 0 Å². The van der Waals surface area contributed by atoms with Crippen LogP contribution >= 0.6 is 11.6 Å². The van der Waals surface area contributed by atoms with Gasteiger partial charge in [-0.3, -0.25) is 9.97 Å². The summed E-state index contributed by atoms with van der Waals surface area (Å²) in [5.74, 6) is 0.736. The van der Waals surface area contributed by atoms with Crippen LogP contribution in [-0.2, 0) is 10.0 Å². The molecule has 1 aliphatic heterocycles. The molecule has 1 saturated heterocycles. The SMILES string of the molecule is Cc1cnccc1-c1ncc(N2CCN(S(=O)(=O)C(C)C)CC2)nc1C1=CCC=C(Cl)C=C1. The highest BCUT2D eigenvalue weighted by Crippen LogP contribution is 2.32. The molecule has 0 unspecified atom stereocenters. The second-order valence-corrected chi connectivity index (χ2v) is 11.3. The number of pyridine rings is 1. The van der Waals surface area contributed by atoms with Crippen molar-refractivity contribution in [1.29, 1.82) is 0 Å². The first-order chi connectivity index (χ1) is 15.8. The molecule has 33 heavy (non-hydrogen) atoms. The van der Waals surface area contributed by atoms with Gasteiger partial charge < -0.3 is 4.90 Å². The van der Waals surface area contributed by atoms with Crippen LogP contribution in [0.4, 0.5) is 5.82 Å². The fraction of sp³-hybridized carbons (Fsp3) is 0.375. The highest BCUT2D eigenvalue weighted by atomic mass is 35.5. The normalized spacial score (nSPS) is 17.7. The Morgan fingerprint density at radius 3 is 2.48 bits per heavy atom. The van der Waals surface area contributed by atoms with E-state index in [1.807, 2.05) is 37.4 Å². The summed E-state index contributed by atoms with van der Waals surface area (Å²) in [4.78, 5) is 16.1. The highest BCUT2D eigenvalue weighted by molar-refractivity contribution is 7.89. The smallest absolute Gasteiger partial charge is 0.216 e. The first kappa shape index (κ1) is 23.6. The molecule has 4 rings (SSSR count). The Labute approximate surface area is 200 Å². The molecule has 0 atom stereocenters. The first-order valence-corrected chi connectivity index (χ1v) is 12.9. The van der Waals surface area contributed by atoms with Crippen LogP contribution in [0.3, 0.4) is 0 Å². The number of anilines is 1. The van der Waals surface area contributed by atoms with Crippen molar-refractivity contribution in [3.05, 3.63) is 65.3 Å². The van der Waals surface area contributed by atoms with E-state index in [0.29, 0.717) is 37.6 Å². The molecule has 0 bridgehead atoms. The lowest BCUT2D eigenvalue weighted by atomic mass is 10.0. The maximum atomic E-state index is 12.5. The van der Waals surface area contributed by atoms with Gasteiger partial charge in [-0.15, -0.1) is 0 Å². The van der Waals surface area contributed by atoms with E-state index in [1.165, 1.54) is 0 Å². The quantitative estimate of drug-likeness (QED) is 0.632. The van der Waals surface area contributed by atoms with Crippen LogP contribution in [0.25, 0.3) is 16.8 Å². The van der Waals surface area contributed by atoms with Crippen LogP contribution < -0.4 is 4.90 Å². The van der Waals surface area contributed by atoms with E-state index in [9.17, 15) is 8.42 Å². The zero-order valence-corrected chi connectivity index (χ0v) is 20.6. The van der Waals surface area contributed by atoms with Gasteiger partial charge in [0, 0.05) is 49.2 Å². The topological polar surface area (TPSA) is 79.3 Å². The van der Waals surface area contributed by atoms with E-state index >= 15 is 0 Å². The molecule has 3 heterocycles. The molecule has 1 aliphatic carbocycles. The van der Waals surface area contributed by atoms with Crippen molar-refractivity contribution in [3.63, 3.8) is 0 Å². The molecule has 9 heteroatoms. The van der Waals surface area contributed by atoms with Gasteiger partial charge in [-0.2, -0.15) is 4.31 Å². The second kappa shape index (κ2) is 9.75. The molecule has 0 N–H and O–H groups in total. The summed E-state index contributed by atoms with van der Waals surface area (Å²) in [5, 5.41) is 0.266. The summed E-state index contributed by atoms with van der Waals surface area (Å²) in [6.07, 6.45) is 13.9. The lowest BCUT2D eigenvalue weighted by Gasteiger charge is -2.35. The fourth-order valence-electron chi connectivity index (χ4n) is 3.92. The molecule has 7 nitrogen and oxygen atoms in total. The van der Waals surface area contributed by atoms with Crippen LogP contribution in [0, 0.1) is 6.92 Å². The maximum absolute atomic E-state index is 12.5. The Kier molecular flexibility index (Phi) is 6.97. The molecule has 0 spiro atoms. The maximum Gasteiger partial charge on any atom is 0.216 e. The minimum atomic E-state index is -3.26. The third-order valence-electron chi connectivity index (χ3n) is 5.90. The average molecular weight is 486 g/mol. The number of rotatable bonds is 5. The molecule has 0 saturated carbocycles. The van der Waals surface area contributed by atoms with Crippen molar-refractivity contribution in [2.75, 3.05) is 31.1 Å². The van der Waals surface area contributed by atoms with Gasteiger partial charge in [0.15, 0.2) is 0 Å². The molecule has 1 fully saturated rings. The molecule has 2 aromatic rings. The number of aryl methyl sites for hydroxylation is 1. The Balaban J connectivity index is 1.69. The van der Waals surface area contributed by atoms with Gasteiger partial charge in [-0.1, -0.05) is 29.8 Å². The predicted molar refractivity (Wildman–Crippen MR) is 134 cm³/mol. The van der Waals surface area contributed by atoms with Gasteiger partial charge in [0.25, 0.3) is 0 Å². The van der Waals surface area contributed by atoms with Gasteiger partial charge in [-0.05, 0) is 50.5 Å². The summed E-state index contributed by atoms with van der Waals surface area (Å²) in [7, 11) is -3.26. The lowest BCUT2D eigenvalue weighted by molar-refractivity contribution is 0.380. The third-order valence-corrected chi connectivity index (χ3v) is 8.46. The molecular weight excluding hydrogens is 458 g/mol. The largest absolute Gasteiger partial charge is 0.353 e. The summed E-state index contributed by atoms with van der Waals surface area (Å²) >= 11 is 6.22. The summed E-state index contributed by atoms with van der Waals surface area (Å²) in [6, 6.07) is 1.95. The Bertz CT molecular complexity index is 1230. The molecule has 0 radical (unpaired) electrons. The van der Waals surface area contributed by atoms with Gasteiger partial charge in [0.1, 0.15) is 5.82 Å². The number of halogens is 1. The molecule has 2 aromatic heterocycles. The van der Waals surface area contributed by atoms with Crippen molar-refractivity contribution in [2.24, 2.45) is 0 Å². The molecule has 0 aromatic carbocycles. The number of hydrogen-bond donors (Lipinski definition) is 0. The van der Waals surface area contributed by atoms with Gasteiger partial charge >= 0.3 is 0 Å². The Morgan fingerprint density at radius 1 is 1.03 bits per heavy atom. The minimum absolute atomic E-state index is 0.423. The highest BCUT2D eigenvalue weighted by Gasteiger charge is 2.30. The van der Waals surface area contributed by atoms with E-state index in [4.69, 9.17) is 21.6 Å². The van der Waals surface area contributed by atoms with Crippen molar-refractivity contribution in [2.45, 2.75) is 32.4 Å². The predicted octanol–water partition coefficient (Wildman–Crippen LogP) is 4.17. The van der Waals surface area contributed by atoms with Crippen molar-refractivity contribution >= 4 is 33.0 Å². The third kappa shape index (κ3) is 5.03. The number of sulfonamides is 1. The van der Waals surface area contributed by atoms with Gasteiger partial charge in [-0.25, -0.2) is 13.4 Å². The molecular formula is C24H28ClN5O2S. The Morgan fingerprint density at radius 2 is 1.79 bits per heavy atom. The van der Waals surface area contributed by atoms with Crippen LogP contribution in [-0.4, -0.2) is 59.1 Å². The van der Waals surface area contributed by atoms with Gasteiger partial charge in [0.2, 0.25) is 10.0 Å². The lowest BCUT2D eigenvalue weighted by Crippen LogP contribution is -2.50. The average Bonchev–Trinajstić information content (AvgIpc) is 3.03. The number of allylic oxidation sites excluding steroid dienone is 6. The summed E-state index contributed by atoms with van der Waals surface area (Å²) < 4.78 is 26.6. The fourth-order valence-corrected chi connectivity index (χ4v) is 5.34. The molecule has 2 aliphatic rings. The van der Waals surface area contributed by atoms with Crippen LogP contribution in [0.5, 0.6) is 0 Å². The van der Waals surface area contributed by atoms with E-state index in [2.05, 4.69) is 16.0 Å². The summed E-state index contributed by atoms with van der Waals surface area (Å²) in [5.41, 5.74) is 4.50. The minimum Gasteiger partial charge on any atom is -0.353 e. The monoisotopic (exact) mass is 485 g/mol. The van der Waals surface area contributed by atoms with E-state index < -0.39 is 15.3 Å². The van der Waals surface area contributed by atoms with Crippen LogP contribution in [0.1, 0.15) is 31.5 Å². The zero-order valence-electron chi connectivity index (χ0n) is 19.1. The molecule has 174 valence electrons. The summed E-state index contributed by atoms with van der Waals surface area (Å²) in [6.45, 7) is 7.44. The number of nitrogens with zero attached hydrogens (tertiary/aromatic N) is 5. The van der Waals surface area contributed by atoms with Crippen molar-refractivity contribution < 1.29 is 8.42 Å². The number of aromatic nitrogens is 3. The standard InChI is InChI=1S/C24H28ClN5O2S/c1-17(2)33(31,32)30-13-11-29(12-14-30)22-16-27-24(21-9-10-26-15-18(21)3)23(28-22)19-5-4-6-20(25)8-7-19/h5-10,15-17H,4,11-14H2,1-3H3. The van der Waals surface area contributed by atoms with E-state index in [1.54, 1.807) is 30.5 Å².